The van der Waals surface area contributed by atoms with E-state index in [-0.39, 0.29) is 24.3 Å². The highest BCUT2D eigenvalue weighted by Crippen LogP contribution is 2.51. The van der Waals surface area contributed by atoms with E-state index >= 15 is 4.39 Å². The number of hydrogen-bond acceptors (Lipinski definition) is 6. The van der Waals surface area contributed by atoms with Crippen LogP contribution in [-0.2, 0) is 23.9 Å². The summed E-state index contributed by atoms with van der Waals surface area (Å²) in [5.41, 5.74) is 3.40. The van der Waals surface area contributed by atoms with E-state index in [0.29, 0.717) is 39.9 Å². The van der Waals surface area contributed by atoms with Gasteiger partial charge in [0.2, 0.25) is 5.88 Å². The van der Waals surface area contributed by atoms with Crippen LogP contribution in [0.1, 0.15) is 56.6 Å². The molecular weight excluding hydrogens is 651 g/mol. The maximum absolute atomic E-state index is 16.1. The molecule has 2 N–H and O–H groups in total. The second-order valence-corrected chi connectivity index (χ2v) is 14.2. The van der Waals surface area contributed by atoms with Crippen LogP contribution in [0.3, 0.4) is 0 Å². The number of carbonyl (C=O) groups is 1. The van der Waals surface area contributed by atoms with Crippen LogP contribution in [0.5, 0.6) is 5.88 Å². The predicted octanol–water partition coefficient (Wildman–Crippen LogP) is 7.56. The molecular formula is C41H36F2N4O2S. The Morgan fingerprint density at radius 2 is 1.50 bits per heavy atom. The van der Waals surface area contributed by atoms with Crippen molar-refractivity contribution in [2.75, 3.05) is 12.9 Å². The highest BCUT2D eigenvalue weighted by atomic mass is 32.2. The molecule has 1 amide bonds. The lowest BCUT2D eigenvalue weighted by Crippen LogP contribution is -2.52. The first-order valence-corrected chi connectivity index (χ1v) is 17.9. The van der Waals surface area contributed by atoms with Crippen molar-refractivity contribution in [3.05, 3.63) is 166 Å². The first-order chi connectivity index (χ1) is 24.4. The van der Waals surface area contributed by atoms with Crippen LogP contribution in [0.25, 0.3) is 0 Å². The molecule has 1 saturated carbocycles. The first-order valence-electron chi connectivity index (χ1n) is 16.9. The molecule has 4 aromatic carbocycles. The number of pyridine rings is 1. The minimum Gasteiger partial charge on any atom is -0.481 e. The molecule has 2 heterocycles. The number of nitrogens with one attached hydrogen (secondary N) is 2. The molecule has 5 aromatic rings. The summed E-state index contributed by atoms with van der Waals surface area (Å²) in [6, 6.07) is 34.6. The van der Waals surface area contributed by atoms with Gasteiger partial charge in [0.05, 0.1) is 18.2 Å². The van der Waals surface area contributed by atoms with Crippen molar-refractivity contribution < 1.29 is 18.3 Å². The third-order valence-corrected chi connectivity index (χ3v) is 11.3. The molecule has 2 atom stereocenters. The summed E-state index contributed by atoms with van der Waals surface area (Å²) in [7, 11) is 1.55. The SMILES string of the molecule is COc1ncc(C(=O)NC2CC2)c2c1C[C@]1(c3ccc(F)cc3F)N=C(NC(c3ccccc3)(c3ccccc3)c3ccccc3)SC[C@@H]1C2. The Morgan fingerprint density at radius 3 is 2.06 bits per heavy atom. The normalized spacial score (nSPS) is 19.8. The summed E-state index contributed by atoms with van der Waals surface area (Å²) in [4.78, 5) is 23.5. The van der Waals surface area contributed by atoms with Gasteiger partial charge in [-0.1, -0.05) is 109 Å². The minimum atomic E-state index is -1.14. The Balaban J connectivity index is 1.32. The van der Waals surface area contributed by atoms with Crippen molar-refractivity contribution in [2.24, 2.45) is 10.9 Å². The summed E-state index contributed by atoms with van der Waals surface area (Å²) in [5, 5.41) is 7.62. The van der Waals surface area contributed by atoms with Gasteiger partial charge in [0.15, 0.2) is 5.17 Å². The number of rotatable bonds is 8. The Bertz CT molecular complexity index is 1980. The Morgan fingerprint density at radius 1 is 0.880 bits per heavy atom. The summed E-state index contributed by atoms with van der Waals surface area (Å²) in [6.07, 6.45) is 4.18. The monoisotopic (exact) mass is 686 g/mol. The molecule has 0 radical (unpaired) electrons. The van der Waals surface area contributed by atoms with E-state index in [9.17, 15) is 9.18 Å². The molecule has 6 nitrogen and oxygen atoms in total. The predicted molar refractivity (Wildman–Crippen MR) is 192 cm³/mol. The van der Waals surface area contributed by atoms with Gasteiger partial charge < -0.3 is 15.4 Å². The number of carbonyl (C=O) groups excluding carboxylic acids is 1. The minimum absolute atomic E-state index is 0.160. The van der Waals surface area contributed by atoms with Crippen LogP contribution in [0.4, 0.5) is 8.78 Å². The number of amides is 1. The van der Waals surface area contributed by atoms with Gasteiger partial charge in [0.25, 0.3) is 5.91 Å². The molecule has 252 valence electrons. The zero-order valence-corrected chi connectivity index (χ0v) is 28.4. The lowest BCUT2D eigenvalue weighted by molar-refractivity contribution is 0.0948. The Hall–Kier alpha value is -5.02. The second kappa shape index (κ2) is 13.0. The quantitative estimate of drug-likeness (QED) is 0.165. The van der Waals surface area contributed by atoms with Gasteiger partial charge in [-0.3, -0.25) is 9.79 Å². The van der Waals surface area contributed by atoms with E-state index in [2.05, 4.69) is 52.0 Å². The van der Waals surface area contributed by atoms with Crippen molar-refractivity contribution in [2.45, 2.75) is 42.8 Å². The standard InChI is InChI=1S/C41H36F2N4O2S/c1-49-38-33-23-40(35-20-17-30(42)22-36(35)43)29(21-32(33)34(24-44-38)37(48)45-31-18-19-31)25-50-39(46-40)47-41(26-11-5-2-6-12-26,27-13-7-3-8-14-27)28-15-9-4-10-16-28/h2-17,20,22,24,29,31H,18-19,21,23,25H2,1H3,(H,45,48)(H,46,47)/t29-,40-/m0/s1. The van der Waals surface area contributed by atoms with Crippen LogP contribution in [0.15, 0.2) is 120 Å². The van der Waals surface area contributed by atoms with E-state index in [0.717, 1.165) is 41.2 Å². The average Bonchev–Trinajstić information content (AvgIpc) is 3.97. The van der Waals surface area contributed by atoms with E-state index < -0.39 is 22.7 Å². The molecule has 8 rings (SSSR count). The van der Waals surface area contributed by atoms with Crippen molar-refractivity contribution in [1.82, 2.24) is 15.6 Å². The van der Waals surface area contributed by atoms with Gasteiger partial charge in [-0.2, -0.15) is 0 Å². The van der Waals surface area contributed by atoms with Gasteiger partial charge in [0, 0.05) is 47.5 Å². The third-order valence-electron chi connectivity index (χ3n) is 10.2. The number of aromatic nitrogens is 1. The van der Waals surface area contributed by atoms with Crippen molar-refractivity contribution in [3.63, 3.8) is 0 Å². The van der Waals surface area contributed by atoms with Crippen molar-refractivity contribution >= 4 is 22.8 Å². The highest BCUT2D eigenvalue weighted by Gasteiger charge is 2.51. The fourth-order valence-electron chi connectivity index (χ4n) is 7.62. The van der Waals surface area contributed by atoms with Gasteiger partial charge >= 0.3 is 0 Å². The number of halogens is 2. The number of nitrogens with zero attached hydrogens (tertiary/aromatic N) is 2. The topological polar surface area (TPSA) is 75.6 Å². The Kier molecular flexibility index (Phi) is 8.39. The number of ether oxygens (including phenoxy) is 1. The summed E-state index contributed by atoms with van der Waals surface area (Å²) >= 11 is 1.58. The van der Waals surface area contributed by atoms with E-state index in [1.54, 1.807) is 25.1 Å². The second-order valence-electron chi connectivity index (χ2n) is 13.2. The van der Waals surface area contributed by atoms with Gasteiger partial charge in [-0.25, -0.2) is 13.8 Å². The maximum atomic E-state index is 16.1. The summed E-state index contributed by atoms with van der Waals surface area (Å²) < 4.78 is 36.3. The van der Waals surface area contributed by atoms with Gasteiger partial charge in [-0.15, -0.1) is 0 Å². The summed E-state index contributed by atoms with van der Waals surface area (Å²) in [5.74, 6) is -0.749. The van der Waals surface area contributed by atoms with Gasteiger partial charge in [-0.05, 0) is 47.6 Å². The molecule has 3 aliphatic rings. The fourth-order valence-corrected chi connectivity index (χ4v) is 8.82. The molecule has 0 spiro atoms. The third kappa shape index (κ3) is 5.63. The lowest BCUT2D eigenvalue weighted by Gasteiger charge is -2.47. The number of benzene rings is 4. The van der Waals surface area contributed by atoms with E-state index in [1.807, 2.05) is 54.6 Å². The molecule has 2 aliphatic carbocycles. The molecule has 1 fully saturated rings. The van der Waals surface area contributed by atoms with Crippen LogP contribution < -0.4 is 15.4 Å². The first kappa shape index (κ1) is 32.2. The van der Waals surface area contributed by atoms with E-state index in [1.165, 1.54) is 12.1 Å². The van der Waals surface area contributed by atoms with Crippen LogP contribution in [-0.4, -0.2) is 35.0 Å². The molecule has 0 unspecified atom stereocenters. The fraction of sp³-hybridized carbons (Fsp3) is 0.244. The molecule has 9 heteroatoms. The molecule has 0 saturated heterocycles. The largest absolute Gasteiger partial charge is 0.481 e. The smallest absolute Gasteiger partial charge is 0.253 e. The van der Waals surface area contributed by atoms with Crippen LogP contribution in [0.2, 0.25) is 0 Å². The van der Waals surface area contributed by atoms with Crippen LogP contribution in [0, 0.1) is 17.6 Å². The zero-order chi connectivity index (χ0) is 34.3. The molecule has 1 aromatic heterocycles. The summed E-state index contributed by atoms with van der Waals surface area (Å²) in [6.45, 7) is 0. The van der Waals surface area contributed by atoms with E-state index in [4.69, 9.17) is 9.73 Å². The number of thioether (sulfide) groups is 1. The van der Waals surface area contributed by atoms with Gasteiger partial charge in [0.1, 0.15) is 17.2 Å². The highest BCUT2D eigenvalue weighted by molar-refractivity contribution is 8.13. The maximum Gasteiger partial charge on any atom is 0.253 e. The van der Waals surface area contributed by atoms with Crippen molar-refractivity contribution in [3.8, 4) is 5.88 Å². The number of methoxy groups -OCH3 is 1. The lowest BCUT2D eigenvalue weighted by atomic mass is 9.67. The Labute approximate surface area is 294 Å². The number of fused-ring (bicyclic) bond motifs is 2. The zero-order valence-electron chi connectivity index (χ0n) is 27.5. The molecule has 50 heavy (non-hydrogen) atoms. The number of aliphatic imine (C=N–C) groups is 1. The average molecular weight is 687 g/mol. The van der Waals surface area contributed by atoms with Crippen LogP contribution >= 0.6 is 11.8 Å². The number of amidine groups is 1. The molecule has 0 bridgehead atoms. The molecule has 1 aliphatic heterocycles. The number of hydrogen-bond donors (Lipinski definition) is 2. The van der Waals surface area contributed by atoms with Crippen molar-refractivity contribution in [1.29, 1.82) is 0 Å².